The largest absolute Gasteiger partial charge is 0.481 e. The lowest BCUT2D eigenvalue weighted by atomic mass is 10.2. The predicted octanol–water partition coefficient (Wildman–Crippen LogP) is 1.24. The molecule has 0 spiro atoms. The van der Waals surface area contributed by atoms with Gasteiger partial charge in [-0.1, -0.05) is 0 Å². The molecule has 1 fully saturated rings. The number of carboxylic acids is 1. The quantitative estimate of drug-likeness (QED) is 0.878. The van der Waals surface area contributed by atoms with Crippen LogP contribution in [-0.4, -0.2) is 65.8 Å². The van der Waals surface area contributed by atoms with Crippen LogP contribution in [0.25, 0.3) is 0 Å². The van der Waals surface area contributed by atoms with Crippen LogP contribution >= 0.6 is 0 Å². The number of carbonyl (C=O) groups is 2. The fourth-order valence-electron chi connectivity index (χ4n) is 2.68. The molecule has 0 radical (unpaired) electrons. The Balaban J connectivity index is 2.09. The Labute approximate surface area is 135 Å². The minimum atomic E-state index is -0.928. The molecule has 0 aromatic carbocycles. The summed E-state index contributed by atoms with van der Waals surface area (Å²) in [5.41, 5.74) is 1.25. The highest BCUT2D eigenvalue weighted by Gasteiger charge is 2.23. The Hall–Kier alpha value is -2.15. The first-order chi connectivity index (χ1) is 10.9. The van der Waals surface area contributed by atoms with Gasteiger partial charge in [0.2, 0.25) is 0 Å². The summed E-state index contributed by atoms with van der Waals surface area (Å²) in [4.78, 5) is 30.6. The Bertz CT molecular complexity index is 568. The molecule has 23 heavy (non-hydrogen) atoms. The molecular formula is C16H23N3O4. The summed E-state index contributed by atoms with van der Waals surface area (Å²) in [7, 11) is 1.58. The first-order valence-electron chi connectivity index (χ1n) is 7.70. The maximum Gasteiger partial charge on any atom is 0.305 e. The first-order valence-corrected chi connectivity index (χ1v) is 7.70. The first kappa shape index (κ1) is 17.2. The van der Waals surface area contributed by atoms with Crippen molar-refractivity contribution >= 4 is 17.6 Å². The normalized spacial score (nSPS) is 21.1. The van der Waals surface area contributed by atoms with Gasteiger partial charge in [-0.25, -0.2) is 0 Å². The summed E-state index contributed by atoms with van der Waals surface area (Å²) >= 11 is 0. The Morgan fingerprint density at radius 1 is 1.39 bits per heavy atom. The monoisotopic (exact) mass is 321 g/mol. The number of aromatic nitrogens is 1. The van der Waals surface area contributed by atoms with E-state index in [2.05, 4.69) is 9.88 Å². The molecule has 7 nitrogen and oxygen atoms in total. The van der Waals surface area contributed by atoms with E-state index in [1.165, 1.54) is 4.90 Å². The molecule has 1 amide bonds. The average molecular weight is 321 g/mol. The van der Waals surface area contributed by atoms with E-state index in [-0.39, 0.29) is 31.1 Å². The summed E-state index contributed by atoms with van der Waals surface area (Å²) in [5, 5.41) is 8.71. The highest BCUT2D eigenvalue weighted by Crippen LogP contribution is 2.21. The summed E-state index contributed by atoms with van der Waals surface area (Å²) in [5.74, 6) is -1.20. The molecule has 1 aliphatic rings. The van der Waals surface area contributed by atoms with Crippen LogP contribution in [0, 0.1) is 0 Å². The highest BCUT2D eigenvalue weighted by molar-refractivity contribution is 5.93. The second-order valence-corrected chi connectivity index (χ2v) is 5.93. The zero-order valence-corrected chi connectivity index (χ0v) is 13.7. The number of hydrogen-bond donors (Lipinski definition) is 1. The molecule has 126 valence electrons. The van der Waals surface area contributed by atoms with Crippen LogP contribution in [0.1, 0.15) is 30.8 Å². The SMILES string of the molecule is CC1CN(c2ccnc(C(=O)N(C)CCC(=O)O)c2)CC(C)O1. The molecule has 1 aromatic rings. The zero-order chi connectivity index (χ0) is 17.0. The van der Waals surface area contributed by atoms with Crippen molar-refractivity contribution in [2.24, 2.45) is 0 Å². The van der Waals surface area contributed by atoms with Crippen molar-refractivity contribution in [3.8, 4) is 0 Å². The highest BCUT2D eigenvalue weighted by atomic mass is 16.5. The van der Waals surface area contributed by atoms with Crippen LogP contribution < -0.4 is 4.90 Å². The number of carboxylic acid groups (broad SMARTS) is 1. The maximum atomic E-state index is 12.3. The van der Waals surface area contributed by atoms with Crippen LogP contribution in [0.2, 0.25) is 0 Å². The van der Waals surface area contributed by atoms with Gasteiger partial charge in [0, 0.05) is 38.6 Å². The summed E-state index contributed by atoms with van der Waals surface area (Å²) < 4.78 is 5.72. The van der Waals surface area contributed by atoms with Crippen LogP contribution in [0.15, 0.2) is 18.3 Å². The molecule has 0 bridgehead atoms. The van der Waals surface area contributed by atoms with Crippen molar-refractivity contribution < 1.29 is 19.4 Å². The zero-order valence-electron chi connectivity index (χ0n) is 13.7. The number of amides is 1. The molecule has 2 rings (SSSR count). The number of pyridine rings is 1. The van der Waals surface area contributed by atoms with Gasteiger partial charge in [0.15, 0.2) is 0 Å². The van der Waals surface area contributed by atoms with Crippen LogP contribution in [0.3, 0.4) is 0 Å². The minimum Gasteiger partial charge on any atom is -0.481 e. The van der Waals surface area contributed by atoms with Crippen molar-refractivity contribution in [1.82, 2.24) is 9.88 Å². The summed E-state index contributed by atoms with van der Waals surface area (Å²) in [6, 6.07) is 3.63. The Morgan fingerprint density at radius 2 is 2.04 bits per heavy atom. The molecular weight excluding hydrogens is 298 g/mol. The van der Waals surface area contributed by atoms with Gasteiger partial charge in [-0.15, -0.1) is 0 Å². The van der Waals surface area contributed by atoms with Crippen molar-refractivity contribution in [3.63, 3.8) is 0 Å². The minimum absolute atomic E-state index is 0.0829. The second kappa shape index (κ2) is 7.41. The second-order valence-electron chi connectivity index (χ2n) is 5.93. The Morgan fingerprint density at radius 3 is 2.65 bits per heavy atom. The lowest BCUT2D eigenvalue weighted by molar-refractivity contribution is -0.137. The number of rotatable bonds is 5. The van der Waals surface area contributed by atoms with Crippen LogP contribution in [0.4, 0.5) is 5.69 Å². The number of morpholine rings is 1. The van der Waals surface area contributed by atoms with Crippen molar-refractivity contribution in [1.29, 1.82) is 0 Å². The maximum absolute atomic E-state index is 12.3. The lowest BCUT2D eigenvalue weighted by Gasteiger charge is -2.36. The van der Waals surface area contributed by atoms with E-state index in [0.29, 0.717) is 5.69 Å². The van der Waals surface area contributed by atoms with Gasteiger partial charge in [-0.3, -0.25) is 14.6 Å². The molecule has 0 aliphatic carbocycles. The molecule has 7 heteroatoms. The third kappa shape index (κ3) is 4.66. The van der Waals surface area contributed by atoms with Gasteiger partial charge in [0.25, 0.3) is 5.91 Å². The van der Waals surface area contributed by atoms with Crippen LogP contribution in [-0.2, 0) is 9.53 Å². The van der Waals surface area contributed by atoms with E-state index >= 15 is 0 Å². The fourth-order valence-corrected chi connectivity index (χ4v) is 2.68. The molecule has 2 atom stereocenters. The fraction of sp³-hybridized carbons (Fsp3) is 0.562. The number of carbonyl (C=O) groups excluding carboxylic acids is 1. The van der Waals surface area contributed by atoms with Gasteiger partial charge >= 0.3 is 5.97 Å². The number of ether oxygens (including phenoxy) is 1. The molecule has 1 aliphatic heterocycles. The van der Waals surface area contributed by atoms with Crippen LogP contribution in [0.5, 0.6) is 0 Å². The summed E-state index contributed by atoms with van der Waals surface area (Å²) in [6.45, 7) is 5.73. The van der Waals surface area contributed by atoms with Gasteiger partial charge in [-0.2, -0.15) is 0 Å². The van der Waals surface area contributed by atoms with Crippen molar-refractivity contribution in [2.45, 2.75) is 32.5 Å². The summed E-state index contributed by atoms with van der Waals surface area (Å²) in [6.07, 6.45) is 1.78. The van der Waals surface area contributed by atoms with Crippen molar-refractivity contribution in [3.05, 3.63) is 24.0 Å². The average Bonchev–Trinajstić information content (AvgIpc) is 2.51. The lowest BCUT2D eigenvalue weighted by Crippen LogP contribution is -2.45. The van der Waals surface area contributed by atoms with Gasteiger partial charge < -0.3 is 19.6 Å². The molecule has 2 heterocycles. The predicted molar refractivity (Wildman–Crippen MR) is 85.7 cm³/mol. The molecule has 2 unspecified atom stereocenters. The van der Waals surface area contributed by atoms with E-state index in [1.807, 2.05) is 19.9 Å². The Kier molecular flexibility index (Phi) is 5.54. The van der Waals surface area contributed by atoms with E-state index in [1.54, 1.807) is 19.3 Å². The smallest absolute Gasteiger partial charge is 0.305 e. The van der Waals surface area contributed by atoms with Gasteiger partial charge in [0.05, 0.1) is 18.6 Å². The van der Waals surface area contributed by atoms with Crippen molar-refractivity contribution in [2.75, 3.05) is 31.6 Å². The number of nitrogens with zero attached hydrogens (tertiary/aromatic N) is 3. The van der Waals surface area contributed by atoms with E-state index in [0.717, 1.165) is 18.8 Å². The molecule has 1 N–H and O–H groups in total. The van der Waals surface area contributed by atoms with Gasteiger partial charge in [-0.05, 0) is 26.0 Å². The molecule has 0 saturated carbocycles. The topological polar surface area (TPSA) is 83.0 Å². The van der Waals surface area contributed by atoms with E-state index in [9.17, 15) is 9.59 Å². The molecule has 1 aromatic heterocycles. The van der Waals surface area contributed by atoms with Gasteiger partial charge in [0.1, 0.15) is 5.69 Å². The number of anilines is 1. The molecule has 1 saturated heterocycles. The number of aliphatic carboxylic acids is 1. The van der Waals surface area contributed by atoms with E-state index < -0.39 is 5.97 Å². The van der Waals surface area contributed by atoms with E-state index in [4.69, 9.17) is 9.84 Å². The number of hydrogen-bond acceptors (Lipinski definition) is 5. The third-order valence-electron chi connectivity index (χ3n) is 3.76. The standard InChI is InChI=1S/C16H23N3O4/c1-11-9-19(10-12(2)23-11)13-4-6-17-14(8-13)16(22)18(3)7-5-15(20)21/h4,6,8,11-12H,5,7,9-10H2,1-3H3,(H,20,21). The third-order valence-corrected chi connectivity index (χ3v) is 3.76.